The molecule has 86 valence electrons. The number of benzene rings is 1. The van der Waals surface area contributed by atoms with Crippen molar-refractivity contribution in [3.63, 3.8) is 0 Å². The van der Waals surface area contributed by atoms with Gasteiger partial charge in [0.25, 0.3) is 0 Å². The predicted octanol–water partition coefficient (Wildman–Crippen LogP) is 1.32. The van der Waals surface area contributed by atoms with Crippen molar-refractivity contribution in [1.82, 2.24) is 0 Å². The topological polar surface area (TPSA) is 87.0 Å². The van der Waals surface area contributed by atoms with Gasteiger partial charge in [-0.15, -0.1) is 6.58 Å². The maximum atomic E-state index is 10.9. The molecule has 0 fully saturated rings. The molecule has 1 aromatic rings. The predicted molar refractivity (Wildman–Crippen MR) is 56.8 cm³/mol. The Balaban J connectivity index is 3.52. The summed E-state index contributed by atoms with van der Waals surface area (Å²) >= 11 is 0. The van der Waals surface area contributed by atoms with Crippen molar-refractivity contribution >= 4 is 5.97 Å². The van der Waals surface area contributed by atoms with E-state index >= 15 is 0 Å². The average molecular weight is 224 g/mol. The highest BCUT2D eigenvalue weighted by Gasteiger charge is 2.22. The van der Waals surface area contributed by atoms with Crippen LogP contribution >= 0.6 is 0 Å². The number of carboxylic acids is 1. The zero-order valence-electron chi connectivity index (χ0n) is 8.67. The number of aromatic carboxylic acids is 1. The number of methoxy groups -OCH3 is 1. The number of aliphatic hydroxyl groups is 1. The van der Waals surface area contributed by atoms with Gasteiger partial charge in [-0.1, -0.05) is 6.08 Å². The highest BCUT2D eigenvalue weighted by atomic mass is 16.5. The molecule has 0 heterocycles. The molecular weight excluding hydrogens is 212 g/mol. The molecule has 16 heavy (non-hydrogen) atoms. The minimum atomic E-state index is -1.21. The van der Waals surface area contributed by atoms with Crippen LogP contribution in [0.3, 0.4) is 0 Å². The molecule has 0 aliphatic carbocycles. The largest absolute Gasteiger partial charge is 0.504 e. The standard InChI is InChI=1S/C11H12O5/c1-3-7(12)9-6(11(14)15)4-5-8(13)10(9)16-2/h3-5,7,12-13H,1H2,2H3,(H,14,15). The molecule has 1 rings (SSSR count). The minimum Gasteiger partial charge on any atom is -0.504 e. The third kappa shape index (κ3) is 1.99. The van der Waals surface area contributed by atoms with E-state index in [4.69, 9.17) is 9.84 Å². The van der Waals surface area contributed by atoms with E-state index in [-0.39, 0.29) is 22.6 Å². The monoisotopic (exact) mass is 224 g/mol. The molecule has 0 spiro atoms. The normalized spacial score (nSPS) is 11.9. The molecule has 0 saturated carbocycles. The molecule has 0 aliphatic heterocycles. The molecule has 0 bridgehead atoms. The van der Waals surface area contributed by atoms with Crippen LogP contribution in [0.15, 0.2) is 24.8 Å². The lowest BCUT2D eigenvalue weighted by atomic mass is 10.0. The van der Waals surface area contributed by atoms with Crippen LogP contribution in [-0.2, 0) is 0 Å². The summed E-state index contributed by atoms with van der Waals surface area (Å²) in [6.45, 7) is 3.36. The van der Waals surface area contributed by atoms with Crippen molar-refractivity contribution in [3.05, 3.63) is 35.9 Å². The number of rotatable bonds is 4. The quantitative estimate of drug-likeness (QED) is 0.671. The van der Waals surface area contributed by atoms with Gasteiger partial charge < -0.3 is 20.1 Å². The molecule has 0 saturated heterocycles. The van der Waals surface area contributed by atoms with Crippen LogP contribution in [0.1, 0.15) is 22.0 Å². The first-order chi connectivity index (χ1) is 7.52. The van der Waals surface area contributed by atoms with Gasteiger partial charge in [0.15, 0.2) is 11.5 Å². The zero-order chi connectivity index (χ0) is 12.3. The van der Waals surface area contributed by atoms with Gasteiger partial charge in [-0.2, -0.15) is 0 Å². The van der Waals surface area contributed by atoms with Gasteiger partial charge in [0.05, 0.1) is 12.7 Å². The molecule has 0 aromatic heterocycles. The van der Waals surface area contributed by atoms with Crippen LogP contribution in [0.5, 0.6) is 11.5 Å². The number of carboxylic acid groups (broad SMARTS) is 1. The number of hydrogen-bond acceptors (Lipinski definition) is 4. The summed E-state index contributed by atoms with van der Waals surface area (Å²) in [6.07, 6.45) is -0.0582. The SMILES string of the molecule is C=CC(O)c1c(C(=O)O)ccc(O)c1OC. The summed E-state index contributed by atoms with van der Waals surface area (Å²) in [5.41, 5.74) is -0.146. The first-order valence-corrected chi connectivity index (χ1v) is 4.46. The first-order valence-electron chi connectivity index (χ1n) is 4.46. The van der Waals surface area contributed by atoms with Gasteiger partial charge in [0, 0.05) is 5.56 Å². The number of ether oxygens (including phenoxy) is 1. The van der Waals surface area contributed by atoms with E-state index in [0.29, 0.717) is 0 Å². The number of aromatic hydroxyl groups is 1. The van der Waals surface area contributed by atoms with Crippen molar-refractivity contribution in [1.29, 1.82) is 0 Å². The van der Waals surface area contributed by atoms with E-state index in [2.05, 4.69) is 6.58 Å². The summed E-state index contributed by atoms with van der Waals surface area (Å²) in [4.78, 5) is 10.9. The van der Waals surface area contributed by atoms with Crippen molar-refractivity contribution < 1.29 is 24.9 Å². The van der Waals surface area contributed by atoms with Crippen molar-refractivity contribution in [2.45, 2.75) is 6.10 Å². The van der Waals surface area contributed by atoms with E-state index < -0.39 is 12.1 Å². The summed E-state index contributed by atoms with van der Waals surface area (Å²) in [6, 6.07) is 2.39. The maximum Gasteiger partial charge on any atom is 0.336 e. The Morgan fingerprint density at radius 2 is 2.19 bits per heavy atom. The van der Waals surface area contributed by atoms with Crippen LogP contribution in [0.2, 0.25) is 0 Å². The van der Waals surface area contributed by atoms with E-state index in [9.17, 15) is 15.0 Å². The Kier molecular flexibility index (Phi) is 3.52. The fraction of sp³-hybridized carbons (Fsp3) is 0.182. The van der Waals surface area contributed by atoms with Gasteiger partial charge >= 0.3 is 5.97 Å². The smallest absolute Gasteiger partial charge is 0.336 e. The van der Waals surface area contributed by atoms with Crippen molar-refractivity contribution in [2.24, 2.45) is 0 Å². The second kappa shape index (κ2) is 4.67. The molecule has 3 N–H and O–H groups in total. The third-order valence-corrected chi connectivity index (χ3v) is 2.13. The molecule has 1 aromatic carbocycles. The van der Waals surface area contributed by atoms with Gasteiger partial charge in [0.1, 0.15) is 6.10 Å². The van der Waals surface area contributed by atoms with Crippen LogP contribution in [-0.4, -0.2) is 28.4 Å². The number of phenols is 1. The van der Waals surface area contributed by atoms with Crippen molar-refractivity contribution in [3.8, 4) is 11.5 Å². The summed E-state index contributed by atoms with van der Waals surface area (Å²) in [7, 11) is 1.28. The molecule has 1 atom stereocenters. The fourth-order valence-corrected chi connectivity index (χ4v) is 1.40. The number of phenolic OH excluding ortho intramolecular Hbond substituents is 1. The molecule has 0 amide bonds. The van der Waals surface area contributed by atoms with Gasteiger partial charge in [-0.25, -0.2) is 4.79 Å². The highest BCUT2D eigenvalue weighted by molar-refractivity contribution is 5.91. The average Bonchev–Trinajstić information content (AvgIpc) is 2.27. The van der Waals surface area contributed by atoms with Crippen molar-refractivity contribution in [2.75, 3.05) is 7.11 Å². The van der Waals surface area contributed by atoms with E-state index in [1.165, 1.54) is 19.2 Å². The summed E-state index contributed by atoms with van der Waals surface area (Å²) in [5.74, 6) is -1.51. The molecule has 0 aliphatic rings. The van der Waals surface area contributed by atoms with Gasteiger partial charge in [-0.05, 0) is 12.1 Å². The summed E-state index contributed by atoms with van der Waals surface area (Å²) in [5, 5.41) is 28.0. The molecule has 5 nitrogen and oxygen atoms in total. The van der Waals surface area contributed by atoms with Crippen LogP contribution in [0.4, 0.5) is 0 Å². The maximum absolute atomic E-state index is 10.9. The Morgan fingerprint density at radius 1 is 1.56 bits per heavy atom. The van der Waals surface area contributed by atoms with Gasteiger partial charge in [0.2, 0.25) is 0 Å². The first kappa shape index (κ1) is 12.1. The Hall–Kier alpha value is -2.01. The summed E-state index contributed by atoms with van der Waals surface area (Å²) < 4.78 is 4.87. The zero-order valence-corrected chi connectivity index (χ0v) is 8.67. The lowest BCUT2D eigenvalue weighted by Gasteiger charge is -2.15. The number of aliphatic hydroxyl groups excluding tert-OH is 1. The Morgan fingerprint density at radius 3 is 2.62 bits per heavy atom. The Labute approximate surface area is 92.2 Å². The van der Waals surface area contributed by atoms with Crippen LogP contribution in [0.25, 0.3) is 0 Å². The van der Waals surface area contributed by atoms with Crippen LogP contribution in [0, 0.1) is 0 Å². The lowest BCUT2D eigenvalue weighted by Crippen LogP contribution is -2.08. The molecule has 1 unspecified atom stereocenters. The van der Waals surface area contributed by atoms with E-state index in [1.54, 1.807) is 0 Å². The molecular formula is C11H12O5. The van der Waals surface area contributed by atoms with E-state index in [0.717, 1.165) is 6.08 Å². The van der Waals surface area contributed by atoms with Crippen LogP contribution < -0.4 is 4.74 Å². The second-order valence-corrected chi connectivity index (χ2v) is 3.06. The van der Waals surface area contributed by atoms with E-state index in [1.807, 2.05) is 0 Å². The second-order valence-electron chi connectivity index (χ2n) is 3.06. The molecule has 0 radical (unpaired) electrons. The Bertz CT molecular complexity index is 425. The third-order valence-electron chi connectivity index (χ3n) is 2.13. The van der Waals surface area contributed by atoms with Gasteiger partial charge in [-0.3, -0.25) is 0 Å². The number of hydrogen-bond donors (Lipinski definition) is 3. The number of carbonyl (C=O) groups is 1. The fourth-order valence-electron chi connectivity index (χ4n) is 1.40. The lowest BCUT2D eigenvalue weighted by molar-refractivity contribution is 0.0690. The molecule has 5 heteroatoms. The minimum absolute atomic E-state index is 0.00926. The highest BCUT2D eigenvalue weighted by Crippen LogP contribution is 2.36.